The van der Waals surface area contributed by atoms with Crippen molar-refractivity contribution in [1.82, 2.24) is 24.9 Å². The molecular weight excluding hydrogens is 480 g/mol. The fourth-order valence-corrected chi connectivity index (χ4v) is 4.33. The Hall–Kier alpha value is -4.15. The van der Waals surface area contributed by atoms with Gasteiger partial charge in [-0.15, -0.1) is 0 Å². The molecule has 2 aromatic heterocycles. The number of anilines is 4. The maximum absolute atomic E-state index is 10.3. The summed E-state index contributed by atoms with van der Waals surface area (Å²) in [6, 6.07) is 17.5. The molecule has 1 fully saturated rings. The quantitative estimate of drug-likeness (QED) is 0.324. The highest BCUT2D eigenvalue weighted by Crippen LogP contribution is 2.27. The molecule has 4 aromatic rings. The van der Waals surface area contributed by atoms with Crippen LogP contribution < -0.4 is 15.1 Å². The van der Waals surface area contributed by atoms with Crippen LogP contribution in [0.25, 0.3) is 0 Å². The van der Waals surface area contributed by atoms with Crippen molar-refractivity contribution < 1.29 is 10.2 Å². The number of nitrogens with zero attached hydrogens (tertiary/aromatic N) is 7. The molecule has 1 atom stereocenters. The molecule has 196 valence electrons. The second-order valence-corrected chi connectivity index (χ2v) is 9.94. The molecule has 3 heterocycles. The molecule has 0 aliphatic carbocycles. The van der Waals surface area contributed by atoms with Crippen LogP contribution in [-0.4, -0.2) is 66.9 Å². The minimum Gasteiger partial charge on any atom is -0.387 e. The first-order valence-corrected chi connectivity index (χ1v) is 12.7. The third-order valence-corrected chi connectivity index (χ3v) is 6.50. The number of hydrogen-bond donors (Lipinski definition) is 3. The zero-order valence-electron chi connectivity index (χ0n) is 21.6. The van der Waals surface area contributed by atoms with E-state index in [4.69, 9.17) is 0 Å². The van der Waals surface area contributed by atoms with Gasteiger partial charge in [0.05, 0.1) is 5.60 Å². The Morgan fingerprint density at radius 3 is 2.08 bits per heavy atom. The summed E-state index contributed by atoms with van der Waals surface area (Å²) in [6.07, 6.45) is 5.15. The standard InChI is InChI=1S/C28H32N8O2/c1-28(2,38)24(37)22-8-10-23(11-9-22)33-25-31-19-32-27(34-25)36-14-12-35(13-15-36)26-29-17-21(18-30-26)16-20-6-4-3-5-7-20/h3-11,17-19,24,37-38H,12-16H2,1-2H3,(H,31,32,33,34)/t24-/m0/s1. The van der Waals surface area contributed by atoms with Gasteiger partial charge in [0, 0.05) is 50.7 Å². The van der Waals surface area contributed by atoms with E-state index in [2.05, 4.69) is 52.2 Å². The molecule has 0 radical (unpaired) electrons. The van der Waals surface area contributed by atoms with Crippen LogP contribution in [0.15, 0.2) is 73.3 Å². The van der Waals surface area contributed by atoms with E-state index in [1.807, 2.05) is 42.7 Å². The molecule has 0 amide bonds. The fraction of sp³-hybridized carbons (Fsp3) is 0.321. The average molecular weight is 513 g/mol. The number of rotatable bonds is 8. The van der Waals surface area contributed by atoms with Gasteiger partial charge < -0.3 is 25.3 Å². The van der Waals surface area contributed by atoms with Crippen LogP contribution in [0, 0.1) is 0 Å². The van der Waals surface area contributed by atoms with Crippen molar-refractivity contribution >= 4 is 23.5 Å². The van der Waals surface area contributed by atoms with E-state index < -0.39 is 11.7 Å². The van der Waals surface area contributed by atoms with E-state index in [0.29, 0.717) is 17.5 Å². The minimum atomic E-state index is -1.22. The highest BCUT2D eigenvalue weighted by molar-refractivity contribution is 5.55. The molecule has 5 rings (SSSR count). The van der Waals surface area contributed by atoms with Gasteiger partial charge in [-0.3, -0.25) is 0 Å². The van der Waals surface area contributed by atoms with Gasteiger partial charge in [0.15, 0.2) is 0 Å². The van der Waals surface area contributed by atoms with E-state index in [-0.39, 0.29) is 0 Å². The molecule has 2 aromatic carbocycles. The maximum Gasteiger partial charge on any atom is 0.231 e. The lowest BCUT2D eigenvalue weighted by Gasteiger charge is -2.34. The van der Waals surface area contributed by atoms with Crippen LogP contribution in [0.3, 0.4) is 0 Å². The number of aromatic nitrogens is 5. The molecule has 1 aliphatic heterocycles. The highest BCUT2D eigenvalue weighted by atomic mass is 16.3. The van der Waals surface area contributed by atoms with Gasteiger partial charge >= 0.3 is 0 Å². The first-order chi connectivity index (χ1) is 18.3. The van der Waals surface area contributed by atoms with E-state index in [9.17, 15) is 10.2 Å². The van der Waals surface area contributed by atoms with Crippen LogP contribution >= 0.6 is 0 Å². The Morgan fingerprint density at radius 2 is 1.45 bits per heavy atom. The second-order valence-electron chi connectivity index (χ2n) is 9.94. The minimum absolute atomic E-state index is 0.436. The van der Waals surface area contributed by atoms with Gasteiger partial charge in [-0.1, -0.05) is 42.5 Å². The number of hydrogen-bond acceptors (Lipinski definition) is 10. The SMILES string of the molecule is CC(C)(O)[C@@H](O)c1ccc(Nc2ncnc(N3CCN(c4ncc(Cc5ccccc5)cn4)CC3)n2)cc1. The summed E-state index contributed by atoms with van der Waals surface area (Å²) < 4.78 is 0. The molecule has 10 nitrogen and oxygen atoms in total. The lowest BCUT2D eigenvalue weighted by molar-refractivity contribution is -0.0496. The third-order valence-electron chi connectivity index (χ3n) is 6.50. The molecule has 1 saturated heterocycles. The predicted octanol–water partition coefficient (Wildman–Crippen LogP) is 3.13. The van der Waals surface area contributed by atoms with E-state index in [1.165, 1.54) is 11.9 Å². The van der Waals surface area contributed by atoms with E-state index in [0.717, 1.165) is 49.8 Å². The maximum atomic E-state index is 10.3. The van der Waals surface area contributed by atoms with E-state index in [1.54, 1.807) is 26.0 Å². The fourth-order valence-electron chi connectivity index (χ4n) is 4.33. The van der Waals surface area contributed by atoms with Crippen molar-refractivity contribution in [3.05, 3.63) is 90.0 Å². The van der Waals surface area contributed by atoms with Gasteiger partial charge in [-0.2, -0.15) is 4.98 Å². The van der Waals surface area contributed by atoms with Gasteiger partial charge in [-0.05, 0) is 42.7 Å². The number of aliphatic hydroxyl groups excluding tert-OH is 1. The first kappa shape index (κ1) is 25.5. The lowest BCUT2D eigenvalue weighted by atomic mass is 9.95. The van der Waals surface area contributed by atoms with Crippen LogP contribution in [0.1, 0.15) is 36.6 Å². The van der Waals surface area contributed by atoms with Crippen molar-refractivity contribution in [2.45, 2.75) is 32.0 Å². The summed E-state index contributed by atoms with van der Waals surface area (Å²) in [5.41, 5.74) is 2.51. The van der Waals surface area contributed by atoms with Crippen molar-refractivity contribution in [3.63, 3.8) is 0 Å². The van der Waals surface area contributed by atoms with Gasteiger partial charge in [-0.25, -0.2) is 19.9 Å². The Balaban J connectivity index is 1.16. The third kappa shape index (κ3) is 6.21. The molecule has 10 heteroatoms. The first-order valence-electron chi connectivity index (χ1n) is 12.7. The zero-order valence-corrected chi connectivity index (χ0v) is 21.6. The topological polar surface area (TPSA) is 123 Å². The Labute approximate surface area is 222 Å². The van der Waals surface area contributed by atoms with Crippen LogP contribution in [0.2, 0.25) is 0 Å². The van der Waals surface area contributed by atoms with Crippen molar-refractivity contribution in [2.24, 2.45) is 0 Å². The largest absolute Gasteiger partial charge is 0.387 e. The summed E-state index contributed by atoms with van der Waals surface area (Å²) >= 11 is 0. The summed E-state index contributed by atoms with van der Waals surface area (Å²) in [7, 11) is 0. The van der Waals surface area contributed by atoms with Crippen LogP contribution in [0.5, 0.6) is 0 Å². The lowest BCUT2D eigenvalue weighted by Crippen LogP contribution is -2.47. The summed E-state index contributed by atoms with van der Waals surface area (Å²) in [5.74, 6) is 1.78. The molecular formula is C28H32N8O2. The zero-order chi connectivity index (χ0) is 26.5. The molecule has 0 spiro atoms. The highest BCUT2D eigenvalue weighted by Gasteiger charge is 2.26. The van der Waals surface area contributed by atoms with Crippen molar-refractivity contribution in [2.75, 3.05) is 41.3 Å². The van der Waals surface area contributed by atoms with Gasteiger partial charge in [0.2, 0.25) is 17.8 Å². The predicted molar refractivity (Wildman–Crippen MR) is 147 cm³/mol. The Morgan fingerprint density at radius 1 is 0.816 bits per heavy atom. The van der Waals surface area contributed by atoms with E-state index >= 15 is 0 Å². The number of piperazine rings is 1. The number of benzene rings is 2. The molecule has 0 bridgehead atoms. The number of aliphatic hydroxyl groups is 2. The summed E-state index contributed by atoms with van der Waals surface area (Å²) in [5, 5.41) is 23.5. The normalized spacial score (nSPS) is 14.8. The average Bonchev–Trinajstić information content (AvgIpc) is 2.94. The summed E-state index contributed by atoms with van der Waals surface area (Å²) in [6.45, 7) is 6.15. The molecule has 0 saturated carbocycles. The Bertz CT molecular complexity index is 1320. The number of nitrogens with one attached hydrogen (secondary N) is 1. The smallest absolute Gasteiger partial charge is 0.231 e. The Kier molecular flexibility index (Phi) is 7.43. The monoisotopic (exact) mass is 512 g/mol. The van der Waals surface area contributed by atoms with Gasteiger partial charge in [0.1, 0.15) is 12.4 Å². The van der Waals surface area contributed by atoms with Crippen LogP contribution in [-0.2, 0) is 6.42 Å². The van der Waals surface area contributed by atoms with Gasteiger partial charge in [0.25, 0.3) is 0 Å². The molecule has 3 N–H and O–H groups in total. The van der Waals surface area contributed by atoms with Crippen LogP contribution in [0.4, 0.5) is 23.5 Å². The summed E-state index contributed by atoms with van der Waals surface area (Å²) in [4.78, 5) is 26.7. The molecule has 1 aliphatic rings. The van der Waals surface area contributed by atoms with Crippen molar-refractivity contribution in [3.8, 4) is 0 Å². The molecule has 0 unspecified atom stereocenters. The second kappa shape index (κ2) is 11.1. The molecule has 38 heavy (non-hydrogen) atoms. The van der Waals surface area contributed by atoms with Crippen molar-refractivity contribution in [1.29, 1.82) is 0 Å².